The summed E-state index contributed by atoms with van der Waals surface area (Å²) in [6.07, 6.45) is 0.886. The summed E-state index contributed by atoms with van der Waals surface area (Å²) in [5.41, 5.74) is 3.38. The number of aryl methyl sites for hydroxylation is 2. The van der Waals surface area contributed by atoms with Gasteiger partial charge in [-0.15, -0.1) is 11.3 Å². The Morgan fingerprint density at radius 1 is 1.22 bits per heavy atom. The van der Waals surface area contributed by atoms with Gasteiger partial charge in [0.25, 0.3) is 0 Å². The SMILES string of the molecule is COC(=O)c1sc2nc(C)nc(N3CCc4c(cccc4OC)C3)c2c1C. The van der Waals surface area contributed by atoms with Crippen molar-refractivity contribution in [3.63, 3.8) is 0 Å². The fourth-order valence-electron chi connectivity index (χ4n) is 3.68. The molecule has 27 heavy (non-hydrogen) atoms. The highest BCUT2D eigenvalue weighted by Crippen LogP contribution is 2.38. The quantitative estimate of drug-likeness (QED) is 0.643. The third kappa shape index (κ3) is 2.92. The number of hydrogen-bond donors (Lipinski definition) is 0. The van der Waals surface area contributed by atoms with Gasteiger partial charge in [0.05, 0.1) is 19.6 Å². The predicted molar refractivity (Wildman–Crippen MR) is 106 cm³/mol. The van der Waals surface area contributed by atoms with Gasteiger partial charge >= 0.3 is 5.97 Å². The number of methoxy groups -OCH3 is 2. The Hall–Kier alpha value is -2.67. The molecule has 3 heterocycles. The molecule has 0 N–H and O–H groups in total. The van der Waals surface area contributed by atoms with Crippen molar-refractivity contribution in [3.05, 3.63) is 45.6 Å². The van der Waals surface area contributed by atoms with Crippen LogP contribution >= 0.6 is 11.3 Å². The number of nitrogens with zero attached hydrogens (tertiary/aromatic N) is 3. The first kappa shape index (κ1) is 17.7. The number of fused-ring (bicyclic) bond motifs is 2. The molecule has 3 aromatic rings. The van der Waals surface area contributed by atoms with Crippen LogP contribution in [0.2, 0.25) is 0 Å². The molecular formula is C20H21N3O3S. The molecule has 1 aromatic carbocycles. The van der Waals surface area contributed by atoms with Gasteiger partial charge < -0.3 is 14.4 Å². The van der Waals surface area contributed by atoms with E-state index in [1.165, 1.54) is 29.6 Å². The average molecular weight is 383 g/mol. The summed E-state index contributed by atoms with van der Waals surface area (Å²) in [7, 11) is 3.11. The molecule has 1 aliphatic heterocycles. The molecule has 0 bridgehead atoms. The minimum absolute atomic E-state index is 0.326. The van der Waals surface area contributed by atoms with Crippen LogP contribution in [0.5, 0.6) is 5.75 Å². The van der Waals surface area contributed by atoms with Gasteiger partial charge in [0, 0.05) is 18.7 Å². The summed E-state index contributed by atoms with van der Waals surface area (Å²) >= 11 is 1.37. The third-order valence-electron chi connectivity index (χ3n) is 5.00. The number of benzene rings is 1. The zero-order valence-corrected chi connectivity index (χ0v) is 16.6. The first-order chi connectivity index (χ1) is 13.0. The lowest BCUT2D eigenvalue weighted by atomic mass is 9.98. The molecule has 4 rings (SSSR count). The lowest BCUT2D eigenvalue weighted by Gasteiger charge is -2.31. The van der Waals surface area contributed by atoms with Crippen molar-refractivity contribution >= 4 is 33.3 Å². The first-order valence-corrected chi connectivity index (χ1v) is 9.61. The van der Waals surface area contributed by atoms with Crippen LogP contribution in [0.15, 0.2) is 18.2 Å². The predicted octanol–water partition coefficient (Wildman–Crippen LogP) is 3.67. The Morgan fingerprint density at radius 3 is 2.78 bits per heavy atom. The summed E-state index contributed by atoms with van der Waals surface area (Å²) in [5.74, 6) is 2.20. The van der Waals surface area contributed by atoms with Gasteiger partial charge in [0.2, 0.25) is 0 Å². The van der Waals surface area contributed by atoms with Crippen molar-refractivity contribution in [3.8, 4) is 5.75 Å². The lowest BCUT2D eigenvalue weighted by Crippen LogP contribution is -2.31. The van der Waals surface area contributed by atoms with E-state index in [9.17, 15) is 4.79 Å². The van der Waals surface area contributed by atoms with E-state index in [2.05, 4.69) is 16.0 Å². The monoisotopic (exact) mass is 383 g/mol. The lowest BCUT2D eigenvalue weighted by molar-refractivity contribution is 0.0605. The van der Waals surface area contributed by atoms with Gasteiger partial charge in [0.15, 0.2) is 0 Å². The van der Waals surface area contributed by atoms with E-state index in [4.69, 9.17) is 14.5 Å². The third-order valence-corrected chi connectivity index (χ3v) is 6.16. The molecule has 0 amide bonds. The second-order valence-electron chi connectivity index (χ2n) is 6.59. The molecule has 6 nitrogen and oxygen atoms in total. The van der Waals surface area contributed by atoms with Crippen molar-refractivity contribution in [2.45, 2.75) is 26.8 Å². The van der Waals surface area contributed by atoms with Gasteiger partial charge in [-0.1, -0.05) is 12.1 Å². The van der Waals surface area contributed by atoms with Crippen LogP contribution in [0.1, 0.15) is 32.2 Å². The maximum absolute atomic E-state index is 12.1. The molecule has 0 unspecified atom stereocenters. The van der Waals surface area contributed by atoms with Crippen LogP contribution in [0, 0.1) is 13.8 Å². The topological polar surface area (TPSA) is 64.5 Å². The summed E-state index contributed by atoms with van der Waals surface area (Å²) < 4.78 is 10.4. The van der Waals surface area contributed by atoms with Gasteiger partial charge in [-0.2, -0.15) is 0 Å². The number of rotatable bonds is 3. The van der Waals surface area contributed by atoms with Crippen LogP contribution < -0.4 is 9.64 Å². The highest BCUT2D eigenvalue weighted by atomic mass is 32.1. The Labute approximate surface area is 161 Å². The average Bonchev–Trinajstić information content (AvgIpc) is 3.02. The molecule has 2 aromatic heterocycles. The molecule has 0 saturated carbocycles. The number of thiophene rings is 1. The molecule has 140 valence electrons. The molecule has 0 radical (unpaired) electrons. The fourth-order valence-corrected chi connectivity index (χ4v) is 4.82. The summed E-state index contributed by atoms with van der Waals surface area (Å²) in [4.78, 5) is 25.1. The second-order valence-corrected chi connectivity index (χ2v) is 7.59. The zero-order valence-electron chi connectivity index (χ0n) is 15.8. The molecule has 0 atom stereocenters. The molecular weight excluding hydrogens is 362 g/mol. The van der Waals surface area contributed by atoms with Gasteiger partial charge in [-0.3, -0.25) is 0 Å². The van der Waals surface area contributed by atoms with Crippen molar-refractivity contribution in [2.24, 2.45) is 0 Å². The van der Waals surface area contributed by atoms with Crippen LogP contribution in [-0.2, 0) is 17.7 Å². The Kier molecular flexibility index (Phi) is 4.47. The van der Waals surface area contributed by atoms with E-state index < -0.39 is 0 Å². The number of ether oxygens (including phenoxy) is 2. The second kappa shape index (κ2) is 6.81. The van der Waals surface area contributed by atoms with E-state index in [0.29, 0.717) is 10.7 Å². The number of esters is 1. The normalized spacial score (nSPS) is 13.6. The van der Waals surface area contributed by atoms with E-state index in [0.717, 1.165) is 46.9 Å². The molecule has 0 spiro atoms. The molecule has 0 fully saturated rings. The molecule has 1 aliphatic rings. The largest absolute Gasteiger partial charge is 0.496 e. The van der Waals surface area contributed by atoms with E-state index in [-0.39, 0.29) is 5.97 Å². The maximum atomic E-state index is 12.1. The van der Waals surface area contributed by atoms with Crippen molar-refractivity contribution in [2.75, 3.05) is 25.7 Å². The summed E-state index contributed by atoms with van der Waals surface area (Å²) in [6, 6.07) is 6.16. The number of hydrogen-bond acceptors (Lipinski definition) is 7. The van der Waals surface area contributed by atoms with E-state index >= 15 is 0 Å². The fraction of sp³-hybridized carbons (Fsp3) is 0.350. The summed E-state index contributed by atoms with van der Waals surface area (Å²) in [6.45, 7) is 5.41. The Morgan fingerprint density at radius 2 is 2.04 bits per heavy atom. The van der Waals surface area contributed by atoms with E-state index in [1.54, 1.807) is 7.11 Å². The van der Waals surface area contributed by atoms with Crippen molar-refractivity contribution < 1.29 is 14.3 Å². The zero-order chi connectivity index (χ0) is 19.1. The first-order valence-electron chi connectivity index (χ1n) is 8.79. The van der Waals surface area contributed by atoms with Crippen LogP contribution in [0.25, 0.3) is 10.2 Å². The summed E-state index contributed by atoms with van der Waals surface area (Å²) in [5, 5.41) is 0.942. The van der Waals surface area contributed by atoms with Crippen LogP contribution in [0.4, 0.5) is 5.82 Å². The number of anilines is 1. The van der Waals surface area contributed by atoms with E-state index in [1.807, 2.05) is 26.0 Å². The number of carbonyl (C=O) groups is 1. The minimum atomic E-state index is -0.326. The van der Waals surface area contributed by atoms with Gasteiger partial charge in [0.1, 0.15) is 27.1 Å². The smallest absolute Gasteiger partial charge is 0.348 e. The van der Waals surface area contributed by atoms with Crippen molar-refractivity contribution in [1.82, 2.24) is 9.97 Å². The standard InChI is InChI=1S/C20H21N3O3S/c1-11-16-18(21-12(2)22-19(16)27-17(11)20(24)26-4)23-9-8-14-13(10-23)6-5-7-15(14)25-3/h5-7H,8-10H2,1-4H3. The van der Waals surface area contributed by atoms with Crippen LogP contribution in [0.3, 0.4) is 0 Å². The number of carbonyl (C=O) groups excluding carboxylic acids is 1. The maximum Gasteiger partial charge on any atom is 0.348 e. The van der Waals surface area contributed by atoms with Gasteiger partial charge in [-0.05, 0) is 37.5 Å². The molecule has 0 aliphatic carbocycles. The van der Waals surface area contributed by atoms with Gasteiger partial charge in [-0.25, -0.2) is 14.8 Å². The van der Waals surface area contributed by atoms with Crippen molar-refractivity contribution in [1.29, 1.82) is 0 Å². The highest BCUT2D eigenvalue weighted by Gasteiger charge is 2.26. The molecule has 0 saturated heterocycles. The Bertz CT molecular complexity index is 1040. The van der Waals surface area contributed by atoms with Crippen LogP contribution in [-0.4, -0.2) is 36.7 Å². The minimum Gasteiger partial charge on any atom is -0.496 e. The number of aromatic nitrogens is 2. The Balaban J connectivity index is 1.82. The molecule has 7 heteroatoms. The highest BCUT2D eigenvalue weighted by molar-refractivity contribution is 7.20.